The van der Waals surface area contributed by atoms with Crippen molar-refractivity contribution in [1.82, 2.24) is 4.57 Å². The number of fused-ring (bicyclic) bond motifs is 3. The molecule has 2 aliphatic rings. The van der Waals surface area contributed by atoms with Crippen LogP contribution in [0.15, 0.2) is 66.6 Å². The average molecular weight is 469 g/mol. The molecule has 0 fully saturated rings. The minimum atomic E-state index is -0.562. The minimum absolute atomic E-state index is 0.117. The number of aryl methyl sites for hydroxylation is 1. The third kappa shape index (κ3) is 3.56. The molecule has 8 nitrogen and oxygen atoms in total. The van der Waals surface area contributed by atoms with Gasteiger partial charge in [0.1, 0.15) is 17.2 Å². The molecule has 0 atom stereocenters. The predicted octanol–water partition coefficient (Wildman–Crippen LogP) is 4.75. The van der Waals surface area contributed by atoms with E-state index in [1.807, 2.05) is 36.0 Å². The molecule has 0 amide bonds. The molecule has 0 radical (unpaired) electrons. The van der Waals surface area contributed by atoms with E-state index in [2.05, 4.69) is 0 Å². The van der Waals surface area contributed by atoms with E-state index >= 15 is 0 Å². The summed E-state index contributed by atoms with van der Waals surface area (Å²) in [5, 5.41) is 0.935. The fraction of sp³-hybridized carbons (Fsp3) is 0.111. The second-order valence-electron chi connectivity index (χ2n) is 8.13. The lowest BCUT2D eigenvalue weighted by Crippen LogP contribution is -2.08. The minimum Gasteiger partial charge on any atom is -0.497 e. The number of esters is 1. The number of carbonyl (C=O) groups is 2. The van der Waals surface area contributed by atoms with Crippen molar-refractivity contribution in [2.24, 2.45) is 7.05 Å². The quantitative estimate of drug-likeness (QED) is 0.242. The standard InChI is InChI=1S/C27H19NO7/c1-28-13-16(20-11-17(31-2)5-7-21(20)28)10-25-26(29)19-6-4-18(12-23(19)35-25)34-27(30)15-3-8-22-24(9-15)33-14-32-22/h3-13H,14H2,1-2H3/b25-10-. The number of ether oxygens (including phenoxy) is 5. The molecule has 0 N–H and O–H groups in total. The molecule has 3 heterocycles. The number of carbonyl (C=O) groups excluding carboxylic acids is 2. The number of hydrogen-bond donors (Lipinski definition) is 0. The topological polar surface area (TPSA) is 85.2 Å². The van der Waals surface area contributed by atoms with E-state index in [0.717, 1.165) is 22.2 Å². The maximum atomic E-state index is 13.0. The van der Waals surface area contributed by atoms with E-state index < -0.39 is 5.97 Å². The van der Waals surface area contributed by atoms with Crippen molar-refractivity contribution in [3.8, 4) is 28.7 Å². The van der Waals surface area contributed by atoms with Gasteiger partial charge in [-0.25, -0.2) is 4.79 Å². The molecule has 8 heteroatoms. The first kappa shape index (κ1) is 20.9. The molecule has 0 saturated heterocycles. The van der Waals surface area contributed by atoms with Crippen molar-refractivity contribution >= 4 is 28.7 Å². The van der Waals surface area contributed by atoms with Gasteiger partial charge in [0.05, 0.1) is 18.2 Å². The summed E-state index contributed by atoms with van der Waals surface area (Å²) in [4.78, 5) is 25.6. The molecule has 0 spiro atoms. The highest BCUT2D eigenvalue weighted by atomic mass is 16.7. The van der Waals surface area contributed by atoms with Crippen molar-refractivity contribution < 1.29 is 33.3 Å². The highest BCUT2D eigenvalue weighted by Crippen LogP contribution is 2.37. The van der Waals surface area contributed by atoms with Gasteiger partial charge in [0, 0.05) is 35.8 Å². The molecule has 0 aliphatic carbocycles. The Labute approximate surface area is 199 Å². The van der Waals surface area contributed by atoms with Gasteiger partial charge < -0.3 is 28.3 Å². The van der Waals surface area contributed by atoms with E-state index in [0.29, 0.717) is 28.4 Å². The molecular formula is C27H19NO7. The summed E-state index contributed by atoms with van der Waals surface area (Å²) in [5.41, 5.74) is 2.54. The first-order valence-corrected chi connectivity index (χ1v) is 10.8. The molecule has 0 saturated carbocycles. The smallest absolute Gasteiger partial charge is 0.343 e. The number of Topliss-reactive ketones (excluding diaryl/α,β-unsaturated/α-hetero) is 1. The monoisotopic (exact) mass is 469 g/mol. The fourth-order valence-electron chi connectivity index (χ4n) is 4.21. The molecule has 0 unspecified atom stereocenters. The van der Waals surface area contributed by atoms with E-state index in [-0.39, 0.29) is 24.1 Å². The molecule has 0 bridgehead atoms. The zero-order valence-corrected chi connectivity index (χ0v) is 18.9. The second-order valence-corrected chi connectivity index (χ2v) is 8.13. The van der Waals surface area contributed by atoms with Gasteiger partial charge in [0.15, 0.2) is 17.3 Å². The van der Waals surface area contributed by atoms with Gasteiger partial charge in [-0.1, -0.05) is 0 Å². The lowest BCUT2D eigenvalue weighted by atomic mass is 10.1. The number of nitrogens with zero attached hydrogens (tertiary/aromatic N) is 1. The average Bonchev–Trinajstić information content (AvgIpc) is 3.55. The molecule has 2 aliphatic heterocycles. The first-order valence-electron chi connectivity index (χ1n) is 10.8. The number of ketones is 1. The molecule has 6 rings (SSSR count). The number of benzene rings is 3. The zero-order valence-electron chi connectivity index (χ0n) is 18.9. The van der Waals surface area contributed by atoms with Crippen LogP contribution in [-0.2, 0) is 7.05 Å². The van der Waals surface area contributed by atoms with E-state index in [1.54, 1.807) is 43.5 Å². The first-order chi connectivity index (χ1) is 17.0. The lowest BCUT2D eigenvalue weighted by molar-refractivity contribution is 0.0734. The Morgan fingerprint density at radius 1 is 0.971 bits per heavy atom. The van der Waals surface area contributed by atoms with Crippen LogP contribution in [0.5, 0.6) is 28.7 Å². The molecule has 3 aromatic carbocycles. The summed E-state index contributed by atoms with van der Waals surface area (Å²) < 4.78 is 29.3. The third-order valence-electron chi connectivity index (χ3n) is 5.97. The lowest BCUT2D eigenvalue weighted by Gasteiger charge is -2.06. The third-order valence-corrected chi connectivity index (χ3v) is 5.97. The molecule has 1 aromatic heterocycles. The van der Waals surface area contributed by atoms with Gasteiger partial charge in [0.25, 0.3) is 0 Å². The summed E-state index contributed by atoms with van der Waals surface area (Å²) in [6.07, 6.45) is 3.64. The number of rotatable bonds is 4. The SMILES string of the molecule is COc1ccc2c(c1)c(/C=C1\Oc3cc(OC(=O)c4ccc5c(c4)OCO5)ccc3C1=O)cn2C. The van der Waals surface area contributed by atoms with Crippen LogP contribution in [0.25, 0.3) is 17.0 Å². The van der Waals surface area contributed by atoms with E-state index in [1.165, 1.54) is 6.07 Å². The normalized spacial score (nSPS) is 14.8. The predicted molar refractivity (Wildman–Crippen MR) is 126 cm³/mol. The number of methoxy groups -OCH3 is 1. The van der Waals surface area contributed by atoms with Gasteiger partial charge in [-0.05, 0) is 54.6 Å². The Hall–Kier alpha value is -4.72. The van der Waals surface area contributed by atoms with Gasteiger partial charge >= 0.3 is 5.97 Å². The van der Waals surface area contributed by atoms with Gasteiger partial charge in [0.2, 0.25) is 12.6 Å². The van der Waals surface area contributed by atoms with Crippen LogP contribution in [0.4, 0.5) is 0 Å². The summed E-state index contributed by atoms with van der Waals surface area (Å²) in [6, 6.07) is 15.3. The largest absolute Gasteiger partial charge is 0.497 e. The molecular weight excluding hydrogens is 450 g/mol. The molecule has 4 aromatic rings. The Balaban J connectivity index is 1.26. The van der Waals surface area contributed by atoms with Crippen LogP contribution in [0, 0.1) is 0 Å². The van der Waals surface area contributed by atoms with Gasteiger partial charge in [-0.15, -0.1) is 0 Å². The van der Waals surface area contributed by atoms with Crippen LogP contribution in [0.1, 0.15) is 26.3 Å². The maximum absolute atomic E-state index is 13.0. The van der Waals surface area contributed by atoms with Crippen molar-refractivity contribution in [3.63, 3.8) is 0 Å². The Kier molecular flexibility index (Phi) is 4.74. The molecule has 174 valence electrons. The summed E-state index contributed by atoms with van der Waals surface area (Å²) in [6.45, 7) is 0.117. The highest BCUT2D eigenvalue weighted by molar-refractivity contribution is 6.15. The second kappa shape index (κ2) is 7.95. The summed E-state index contributed by atoms with van der Waals surface area (Å²) in [7, 11) is 3.54. The van der Waals surface area contributed by atoms with Crippen molar-refractivity contribution in [2.45, 2.75) is 0 Å². The summed E-state index contributed by atoms with van der Waals surface area (Å²) >= 11 is 0. The van der Waals surface area contributed by atoms with Crippen molar-refractivity contribution in [3.05, 3.63) is 83.2 Å². The molecule has 35 heavy (non-hydrogen) atoms. The Bertz CT molecular complexity index is 1560. The zero-order chi connectivity index (χ0) is 24.1. The number of aromatic nitrogens is 1. The van der Waals surface area contributed by atoms with E-state index in [4.69, 9.17) is 23.7 Å². The van der Waals surface area contributed by atoms with Crippen molar-refractivity contribution in [2.75, 3.05) is 13.9 Å². The Morgan fingerprint density at radius 2 is 1.80 bits per heavy atom. The van der Waals surface area contributed by atoms with Gasteiger partial charge in [-0.2, -0.15) is 0 Å². The van der Waals surface area contributed by atoms with Crippen LogP contribution in [0.2, 0.25) is 0 Å². The van der Waals surface area contributed by atoms with Crippen LogP contribution in [0.3, 0.4) is 0 Å². The number of allylic oxidation sites excluding steroid dienone is 1. The maximum Gasteiger partial charge on any atom is 0.343 e. The van der Waals surface area contributed by atoms with Crippen LogP contribution < -0.4 is 23.7 Å². The van der Waals surface area contributed by atoms with E-state index in [9.17, 15) is 9.59 Å². The fourth-order valence-corrected chi connectivity index (χ4v) is 4.21. The van der Waals surface area contributed by atoms with Crippen molar-refractivity contribution in [1.29, 1.82) is 0 Å². The number of hydrogen-bond acceptors (Lipinski definition) is 7. The Morgan fingerprint density at radius 3 is 2.66 bits per heavy atom. The van der Waals surface area contributed by atoms with Gasteiger partial charge in [-0.3, -0.25) is 4.79 Å². The van der Waals surface area contributed by atoms with Crippen LogP contribution in [-0.4, -0.2) is 30.2 Å². The summed E-state index contributed by atoms with van der Waals surface area (Å²) in [5.74, 6) is 1.76. The van der Waals surface area contributed by atoms with Crippen LogP contribution >= 0.6 is 0 Å². The highest BCUT2D eigenvalue weighted by Gasteiger charge is 2.29.